The molecule has 0 bridgehead atoms. The van der Waals surface area contributed by atoms with Crippen LogP contribution in [0.2, 0.25) is 0 Å². The molecule has 0 aromatic rings. The van der Waals surface area contributed by atoms with Crippen LogP contribution < -0.4 is 0 Å². The first kappa shape index (κ1) is 10.1. The van der Waals surface area contributed by atoms with Crippen LogP contribution in [0, 0.1) is 17.8 Å². The predicted molar refractivity (Wildman–Crippen MR) is 53.7 cm³/mol. The van der Waals surface area contributed by atoms with Crippen molar-refractivity contribution >= 4 is 16.1 Å². The van der Waals surface area contributed by atoms with E-state index in [-0.39, 0.29) is 5.92 Å². The van der Waals surface area contributed by atoms with Gasteiger partial charge in [-0.3, -0.25) is 0 Å². The molecular formula is C10H16O3S. The van der Waals surface area contributed by atoms with E-state index in [1.165, 1.54) is 0 Å². The Hall–Kier alpha value is -0.380. The van der Waals surface area contributed by atoms with Crippen molar-refractivity contribution in [3.8, 4) is 0 Å². The SMILES string of the molecule is O=CC1CC(C2CCS(=O)(=O)CC2)C1. The van der Waals surface area contributed by atoms with E-state index in [4.69, 9.17) is 0 Å². The molecule has 2 rings (SSSR count). The average molecular weight is 216 g/mol. The van der Waals surface area contributed by atoms with E-state index >= 15 is 0 Å². The highest BCUT2D eigenvalue weighted by molar-refractivity contribution is 7.91. The molecule has 1 heterocycles. The summed E-state index contributed by atoms with van der Waals surface area (Å²) < 4.78 is 22.4. The molecule has 4 heteroatoms. The van der Waals surface area contributed by atoms with E-state index in [1.807, 2.05) is 0 Å². The largest absolute Gasteiger partial charge is 0.303 e. The van der Waals surface area contributed by atoms with Crippen LogP contribution in [0.15, 0.2) is 0 Å². The molecule has 80 valence electrons. The Morgan fingerprint density at radius 3 is 2.07 bits per heavy atom. The highest BCUT2D eigenvalue weighted by Gasteiger charge is 2.37. The van der Waals surface area contributed by atoms with Crippen molar-refractivity contribution in [2.45, 2.75) is 25.7 Å². The van der Waals surface area contributed by atoms with E-state index in [0.29, 0.717) is 23.3 Å². The van der Waals surface area contributed by atoms with E-state index in [2.05, 4.69) is 0 Å². The predicted octanol–water partition coefficient (Wildman–Crippen LogP) is 1.04. The molecule has 1 saturated carbocycles. The van der Waals surface area contributed by atoms with E-state index in [1.54, 1.807) is 0 Å². The normalized spacial score (nSPS) is 37.4. The monoisotopic (exact) mass is 216 g/mol. The van der Waals surface area contributed by atoms with Gasteiger partial charge in [-0.1, -0.05) is 0 Å². The van der Waals surface area contributed by atoms with Crippen molar-refractivity contribution in [3.63, 3.8) is 0 Å². The van der Waals surface area contributed by atoms with Crippen LogP contribution in [0.5, 0.6) is 0 Å². The number of carbonyl (C=O) groups excluding carboxylic acids is 1. The van der Waals surface area contributed by atoms with Gasteiger partial charge in [-0.25, -0.2) is 8.42 Å². The number of sulfone groups is 1. The molecule has 1 aliphatic carbocycles. The number of hydrogen-bond acceptors (Lipinski definition) is 3. The molecule has 14 heavy (non-hydrogen) atoms. The Morgan fingerprint density at radius 1 is 1.00 bits per heavy atom. The zero-order valence-electron chi connectivity index (χ0n) is 8.19. The lowest BCUT2D eigenvalue weighted by atomic mass is 9.67. The zero-order valence-corrected chi connectivity index (χ0v) is 9.00. The highest BCUT2D eigenvalue weighted by Crippen LogP contribution is 2.42. The molecule has 0 spiro atoms. The first-order valence-electron chi connectivity index (χ1n) is 5.26. The van der Waals surface area contributed by atoms with E-state index < -0.39 is 9.84 Å². The molecule has 0 amide bonds. The molecule has 0 atom stereocenters. The fourth-order valence-electron chi connectivity index (χ4n) is 2.58. The Bertz CT molecular complexity index is 300. The summed E-state index contributed by atoms with van der Waals surface area (Å²) in [6.45, 7) is 0. The molecule has 0 unspecified atom stereocenters. The van der Waals surface area contributed by atoms with Crippen molar-refractivity contribution in [2.75, 3.05) is 11.5 Å². The lowest BCUT2D eigenvalue weighted by Gasteiger charge is -2.39. The second kappa shape index (κ2) is 3.65. The molecule has 1 saturated heterocycles. The Labute approximate surface area is 84.8 Å². The van der Waals surface area contributed by atoms with Crippen LogP contribution in [-0.4, -0.2) is 26.2 Å². The zero-order chi connectivity index (χ0) is 10.2. The minimum atomic E-state index is -2.72. The fraction of sp³-hybridized carbons (Fsp3) is 0.900. The molecule has 0 N–H and O–H groups in total. The van der Waals surface area contributed by atoms with Gasteiger partial charge in [0.2, 0.25) is 0 Å². The maximum Gasteiger partial charge on any atom is 0.150 e. The maximum absolute atomic E-state index is 11.2. The van der Waals surface area contributed by atoms with Crippen LogP contribution >= 0.6 is 0 Å². The Balaban J connectivity index is 1.83. The molecular weight excluding hydrogens is 200 g/mol. The lowest BCUT2D eigenvalue weighted by molar-refractivity contribution is -0.115. The van der Waals surface area contributed by atoms with Gasteiger partial charge in [-0.15, -0.1) is 0 Å². The van der Waals surface area contributed by atoms with Crippen molar-refractivity contribution in [1.82, 2.24) is 0 Å². The van der Waals surface area contributed by atoms with Gasteiger partial charge in [-0.2, -0.15) is 0 Å². The molecule has 3 nitrogen and oxygen atoms in total. The smallest absolute Gasteiger partial charge is 0.150 e. The molecule has 2 aliphatic rings. The highest BCUT2D eigenvalue weighted by atomic mass is 32.2. The molecule has 0 aromatic heterocycles. The second-order valence-corrected chi connectivity index (χ2v) is 6.92. The first-order valence-corrected chi connectivity index (χ1v) is 7.08. The third kappa shape index (κ3) is 2.00. The van der Waals surface area contributed by atoms with Crippen LogP contribution in [0.3, 0.4) is 0 Å². The average Bonchev–Trinajstić information content (AvgIpc) is 2.06. The van der Waals surface area contributed by atoms with Gasteiger partial charge in [0.05, 0.1) is 11.5 Å². The number of rotatable bonds is 2. The van der Waals surface area contributed by atoms with Gasteiger partial charge in [0.1, 0.15) is 16.1 Å². The number of hydrogen-bond donors (Lipinski definition) is 0. The van der Waals surface area contributed by atoms with Crippen LogP contribution in [0.25, 0.3) is 0 Å². The van der Waals surface area contributed by atoms with Crippen LogP contribution in [0.4, 0.5) is 0 Å². The van der Waals surface area contributed by atoms with Gasteiger partial charge < -0.3 is 4.79 Å². The summed E-state index contributed by atoms with van der Waals surface area (Å²) in [5.74, 6) is 2.17. The summed E-state index contributed by atoms with van der Waals surface area (Å²) >= 11 is 0. The maximum atomic E-state index is 11.2. The summed E-state index contributed by atoms with van der Waals surface area (Å²) in [7, 11) is -2.72. The fourth-order valence-corrected chi connectivity index (χ4v) is 4.11. The van der Waals surface area contributed by atoms with Crippen molar-refractivity contribution < 1.29 is 13.2 Å². The van der Waals surface area contributed by atoms with Crippen molar-refractivity contribution in [2.24, 2.45) is 17.8 Å². The van der Waals surface area contributed by atoms with E-state index in [0.717, 1.165) is 32.0 Å². The molecule has 0 radical (unpaired) electrons. The standard InChI is InChI=1S/C10H16O3S/c11-7-8-5-10(6-8)9-1-3-14(12,13)4-2-9/h7-10H,1-6H2. The summed E-state index contributed by atoms with van der Waals surface area (Å²) in [6.07, 6.45) is 4.66. The van der Waals surface area contributed by atoms with E-state index in [9.17, 15) is 13.2 Å². The van der Waals surface area contributed by atoms with Crippen molar-refractivity contribution in [3.05, 3.63) is 0 Å². The minimum absolute atomic E-state index is 0.263. The minimum Gasteiger partial charge on any atom is -0.303 e. The third-order valence-electron chi connectivity index (χ3n) is 3.67. The third-order valence-corrected chi connectivity index (χ3v) is 5.38. The first-order chi connectivity index (χ1) is 6.61. The summed E-state index contributed by atoms with van der Waals surface area (Å²) in [4.78, 5) is 10.4. The Morgan fingerprint density at radius 2 is 1.57 bits per heavy atom. The van der Waals surface area contributed by atoms with Gasteiger partial charge in [0, 0.05) is 5.92 Å². The summed E-state index contributed by atoms with van der Waals surface area (Å²) in [6, 6.07) is 0. The van der Waals surface area contributed by atoms with Crippen molar-refractivity contribution in [1.29, 1.82) is 0 Å². The van der Waals surface area contributed by atoms with Gasteiger partial charge in [0.25, 0.3) is 0 Å². The summed E-state index contributed by atoms with van der Waals surface area (Å²) in [5.41, 5.74) is 0. The molecule has 0 aromatic carbocycles. The number of carbonyl (C=O) groups is 1. The summed E-state index contributed by atoms with van der Waals surface area (Å²) in [5, 5.41) is 0. The second-order valence-electron chi connectivity index (χ2n) is 4.62. The Kier molecular flexibility index (Phi) is 2.64. The van der Waals surface area contributed by atoms with Crippen LogP contribution in [0.1, 0.15) is 25.7 Å². The van der Waals surface area contributed by atoms with Crippen LogP contribution in [-0.2, 0) is 14.6 Å². The van der Waals surface area contributed by atoms with Gasteiger partial charge in [-0.05, 0) is 37.5 Å². The topological polar surface area (TPSA) is 51.2 Å². The molecule has 2 fully saturated rings. The molecule has 1 aliphatic heterocycles. The quantitative estimate of drug-likeness (QED) is 0.648. The van der Waals surface area contributed by atoms with Gasteiger partial charge in [0.15, 0.2) is 0 Å². The number of aldehydes is 1. The van der Waals surface area contributed by atoms with Gasteiger partial charge >= 0.3 is 0 Å². The lowest BCUT2D eigenvalue weighted by Crippen LogP contribution is -2.35.